The normalized spacial score (nSPS) is 24.0. The molecule has 22 heavy (non-hydrogen) atoms. The molecule has 5 heterocycles. The van der Waals surface area contributed by atoms with Gasteiger partial charge in [-0.25, -0.2) is 15.0 Å². The number of aromatic nitrogens is 3. The third-order valence-electron chi connectivity index (χ3n) is 4.55. The summed E-state index contributed by atoms with van der Waals surface area (Å²) in [5, 5.41) is 0. The van der Waals surface area contributed by atoms with E-state index in [0.717, 1.165) is 25.6 Å². The summed E-state index contributed by atoms with van der Waals surface area (Å²) in [6.07, 6.45) is 6.70. The number of piperazine rings is 1. The summed E-state index contributed by atoms with van der Waals surface area (Å²) in [5.41, 5.74) is 1.26. The molecule has 0 aliphatic carbocycles. The molecule has 2 unspecified atom stereocenters. The highest BCUT2D eigenvalue weighted by Crippen LogP contribution is 2.34. The van der Waals surface area contributed by atoms with E-state index in [1.54, 1.807) is 7.11 Å². The number of anilines is 1. The minimum Gasteiger partial charge on any atom is -0.481 e. The molecule has 0 N–H and O–H groups in total. The van der Waals surface area contributed by atoms with E-state index in [-0.39, 0.29) is 0 Å². The molecule has 0 radical (unpaired) electrons. The zero-order chi connectivity index (χ0) is 14.9. The third-order valence-corrected chi connectivity index (χ3v) is 4.55. The number of ether oxygens (including phenoxy) is 1. The average Bonchev–Trinajstić information content (AvgIpc) is 2.60. The molecule has 6 nitrogen and oxygen atoms in total. The Morgan fingerprint density at radius 2 is 1.91 bits per heavy atom. The Morgan fingerprint density at radius 1 is 1.14 bits per heavy atom. The summed E-state index contributed by atoms with van der Waals surface area (Å²) >= 11 is 0. The molecule has 2 aromatic heterocycles. The molecule has 3 fully saturated rings. The van der Waals surface area contributed by atoms with Gasteiger partial charge in [-0.2, -0.15) is 0 Å². The van der Waals surface area contributed by atoms with Crippen molar-refractivity contribution in [2.45, 2.75) is 25.0 Å². The fourth-order valence-electron chi connectivity index (χ4n) is 3.43. The Labute approximate surface area is 129 Å². The molecule has 2 bridgehead atoms. The van der Waals surface area contributed by atoms with Gasteiger partial charge in [0.15, 0.2) is 0 Å². The van der Waals surface area contributed by atoms with Crippen LogP contribution in [0.5, 0.6) is 5.88 Å². The van der Waals surface area contributed by atoms with Crippen molar-refractivity contribution in [3.63, 3.8) is 0 Å². The van der Waals surface area contributed by atoms with Gasteiger partial charge >= 0.3 is 0 Å². The number of piperidine rings is 1. The van der Waals surface area contributed by atoms with Crippen molar-refractivity contribution in [3.8, 4) is 5.88 Å². The highest BCUT2D eigenvalue weighted by molar-refractivity contribution is 5.33. The van der Waals surface area contributed by atoms with E-state index in [2.05, 4.69) is 30.8 Å². The van der Waals surface area contributed by atoms with Gasteiger partial charge in [-0.3, -0.25) is 4.90 Å². The Morgan fingerprint density at radius 3 is 2.64 bits per heavy atom. The summed E-state index contributed by atoms with van der Waals surface area (Å²) in [6, 6.07) is 7.11. The van der Waals surface area contributed by atoms with Crippen molar-refractivity contribution in [2.75, 3.05) is 25.1 Å². The number of rotatable bonds is 4. The number of nitrogens with zero attached hydrogens (tertiary/aromatic N) is 5. The first-order valence-corrected chi connectivity index (χ1v) is 7.60. The molecule has 0 saturated carbocycles. The molecule has 6 heteroatoms. The zero-order valence-electron chi connectivity index (χ0n) is 12.6. The maximum Gasteiger partial charge on any atom is 0.225 e. The van der Waals surface area contributed by atoms with Gasteiger partial charge in [0.05, 0.1) is 7.11 Å². The molecule has 2 atom stereocenters. The molecule has 0 amide bonds. The molecule has 3 aliphatic heterocycles. The molecule has 3 saturated heterocycles. The first-order valence-electron chi connectivity index (χ1n) is 7.60. The second kappa shape index (κ2) is 5.53. The fourth-order valence-corrected chi connectivity index (χ4v) is 3.43. The van der Waals surface area contributed by atoms with Crippen LogP contribution < -0.4 is 9.64 Å². The average molecular weight is 297 g/mol. The van der Waals surface area contributed by atoms with Crippen LogP contribution in [0.2, 0.25) is 0 Å². The summed E-state index contributed by atoms with van der Waals surface area (Å²) in [5.74, 6) is 1.53. The monoisotopic (exact) mass is 297 g/mol. The Bertz CT molecular complexity index is 638. The summed E-state index contributed by atoms with van der Waals surface area (Å²) in [4.78, 5) is 17.7. The predicted molar refractivity (Wildman–Crippen MR) is 82.8 cm³/mol. The van der Waals surface area contributed by atoms with Crippen molar-refractivity contribution in [3.05, 3.63) is 42.4 Å². The van der Waals surface area contributed by atoms with E-state index in [1.807, 2.05) is 30.7 Å². The van der Waals surface area contributed by atoms with E-state index in [0.29, 0.717) is 18.0 Å². The van der Waals surface area contributed by atoms with Crippen LogP contribution in [0.4, 0.5) is 5.95 Å². The molecule has 0 aromatic carbocycles. The van der Waals surface area contributed by atoms with Crippen molar-refractivity contribution in [1.29, 1.82) is 0 Å². The van der Waals surface area contributed by atoms with Crippen molar-refractivity contribution < 1.29 is 4.74 Å². The first-order chi connectivity index (χ1) is 10.8. The quantitative estimate of drug-likeness (QED) is 0.849. The molecule has 2 aromatic rings. The van der Waals surface area contributed by atoms with Gasteiger partial charge < -0.3 is 9.64 Å². The van der Waals surface area contributed by atoms with Crippen LogP contribution in [-0.4, -0.2) is 52.1 Å². The summed E-state index contributed by atoms with van der Waals surface area (Å²) in [7, 11) is 1.65. The maximum atomic E-state index is 5.20. The minimum atomic E-state index is 0.585. The Hall–Kier alpha value is -2.21. The summed E-state index contributed by atoms with van der Waals surface area (Å²) < 4.78 is 5.20. The zero-order valence-corrected chi connectivity index (χ0v) is 12.6. The van der Waals surface area contributed by atoms with Crippen LogP contribution >= 0.6 is 0 Å². The van der Waals surface area contributed by atoms with Crippen molar-refractivity contribution >= 4 is 5.95 Å². The highest BCUT2D eigenvalue weighted by atomic mass is 16.5. The molecule has 0 spiro atoms. The standard InChI is InChI=1S/C16H19N5O/c1-22-15-7-12(3-6-17-15)9-21-13-8-14(21)11-20(10-13)16-18-4-2-5-19-16/h2-7,13-14H,8-11H2,1H3. The SMILES string of the molecule is COc1cc(CN2C3CC2CN(c2ncccn2)C3)ccn1. The molecular weight excluding hydrogens is 278 g/mol. The van der Waals surface area contributed by atoms with Crippen LogP contribution in [0, 0.1) is 0 Å². The van der Waals surface area contributed by atoms with E-state index in [1.165, 1.54) is 12.0 Å². The summed E-state index contributed by atoms with van der Waals surface area (Å²) in [6.45, 7) is 2.96. The van der Waals surface area contributed by atoms with Gasteiger partial charge in [-0.05, 0) is 24.1 Å². The number of hydrogen-bond acceptors (Lipinski definition) is 6. The Balaban J connectivity index is 1.43. The van der Waals surface area contributed by atoms with Gasteiger partial charge in [-0.1, -0.05) is 0 Å². The predicted octanol–water partition coefficient (Wildman–Crippen LogP) is 1.34. The van der Waals surface area contributed by atoms with Gasteiger partial charge in [0, 0.05) is 56.4 Å². The molecule has 5 rings (SSSR count). The van der Waals surface area contributed by atoms with Crippen LogP contribution in [-0.2, 0) is 6.54 Å². The minimum absolute atomic E-state index is 0.585. The lowest BCUT2D eigenvalue weighted by molar-refractivity contribution is -0.00902. The second-order valence-electron chi connectivity index (χ2n) is 5.88. The molecule has 3 aliphatic rings. The first kappa shape index (κ1) is 13.5. The van der Waals surface area contributed by atoms with Crippen LogP contribution in [0.15, 0.2) is 36.8 Å². The van der Waals surface area contributed by atoms with E-state index in [9.17, 15) is 0 Å². The lowest BCUT2D eigenvalue weighted by Gasteiger charge is -2.56. The number of fused-ring (bicyclic) bond motifs is 2. The molecule has 114 valence electrons. The van der Waals surface area contributed by atoms with Gasteiger partial charge in [0.1, 0.15) is 0 Å². The van der Waals surface area contributed by atoms with Crippen LogP contribution in [0.3, 0.4) is 0 Å². The van der Waals surface area contributed by atoms with E-state index < -0.39 is 0 Å². The van der Waals surface area contributed by atoms with Crippen molar-refractivity contribution in [2.24, 2.45) is 0 Å². The number of pyridine rings is 1. The lowest BCUT2D eigenvalue weighted by Crippen LogP contribution is -2.68. The van der Waals surface area contributed by atoms with E-state index in [4.69, 9.17) is 4.74 Å². The van der Waals surface area contributed by atoms with Gasteiger partial charge in [0.2, 0.25) is 11.8 Å². The molecular formula is C16H19N5O. The topological polar surface area (TPSA) is 54.4 Å². The smallest absolute Gasteiger partial charge is 0.225 e. The van der Waals surface area contributed by atoms with Gasteiger partial charge in [-0.15, -0.1) is 0 Å². The third kappa shape index (κ3) is 2.39. The Kier molecular flexibility index (Phi) is 3.38. The second-order valence-corrected chi connectivity index (χ2v) is 5.88. The van der Waals surface area contributed by atoms with Crippen LogP contribution in [0.25, 0.3) is 0 Å². The highest BCUT2D eigenvalue weighted by Gasteiger charge is 2.44. The fraction of sp³-hybridized carbons (Fsp3) is 0.438. The van der Waals surface area contributed by atoms with Crippen molar-refractivity contribution in [1.82, 2.24) is 19.9 Å². The number of methoxy groups -OCH3 is 1. The largest absolute Gasteiger partial charge is 0.481 e. The number of hydrogen-bond donors (Lipinski definition) is 0. The maximum absolute atomic E-state index is 5.20. The van der Waals surface area contributed by atoms with Crippen LogP contribution in [0.1, 0.15) is 12.0 Å². The van der Waals surface area contributed by atoms with Gasteiger partial charge in [0.25, 0.3) is 0 Å². The lowest BCUT2D eigenvalue weighted by atomic mass is 9.87. The van der Waals surface area contributed by atoms with E-state index >= 15 is 0 Å².